The summed E-state index contributed by atoms with van der Waals surface area (Å²) in [6.45, 7) is 0.941. The summed E-state index contributed by atoms with van der Waals surface area (Å²) in [6.07, 6.45) is 4.10. The number of ether oxygens (including phenoxy) is 1. The van der Waals surface area contributed by atoms with Crippen molar-refractivity contribution < 1.29 is 14.3 Å². The fourth-order valence-electron chi connectivity index (χ4n) is 4.36. The molecule has 1 N–H and O–H groups in total. The third-order valence-corrected chi connectivity index (χ3v) is 6.55. The Morgan fingerprint density at radius 3 is 2.25 bits per heavy atom. The maximum atomic E-state index is 12.6. The third-order valence-electron chi connectivity index (χ3n) is 6.55. The van der Waals surface area contributed by atoms with Gasteiger partial charge in [-0.2, -0.15) is 0 Å². The van der Waals surface area contributed by atoms with Crippen molar-refractivity contribution in [2.24, 2.45) is 0 Å². The van der Waals surface area contributed by atoms with E-state index in [4.69, 9.17) is 4.74 Å². The molecule has 5 heteroatoms. The van der Waals surface area contributed by atoms with E-state index in [9.17, 15) is 9.59 Å². The van der Waals surface area contributed by atoms with Gasteiger partial charge in [-0.05, 0) is 60.1 Å². The van der Waals surface area contributed by atoms with Crippen LogP contribution in [-0.4, -0.2) is 35.5 Å². The van der Waals surface area contributed by atoms with Crippen LogP contribution in [0.3, 0.4) is 0 Å². The molecule has 3 aromatic rings. The zero-order chi connectivity index (χ0) is 24.7. The van der Waals surface area contributed by atoms with Gasteiger partial charge in [-0.15, -0.1) is 0 Å². The van der Waals surface area contributed by atoms with Crippen molar-refractivity contribution in [3.05, 3.63) is 95.6 Å². The highest BCUT2D eigenvalue weighted by molar-refractivity contribution is 5.79. The van der Waals surface area contributed by atoms with Gasteiger partial charge in [0.15, 0.2) is 0 Å². The van der Waals surface area contributed by atoms with Gasteiger partial charge in [0.1, 0.15) is 6.61 Å². The molecule has 2 aliphatic rings. The summed E-state index contributed by atoms with van der Waals surface area (Å²) in [7, 11) is 0. The standard InChI is InChI=1S/C31H30N2O3/c34-30(32-28-17-18-28)21-24-10-15-27(16-11-24)26-13-8-23(9-14-26)12-19-29-7-4-20-33(29)31(35)36-22-25-5-2-1-3-6-25/h1-3,5-6,8-11,13-16,28-29H,4,7,17-18,20-22H2,(H,32,34)/t29-/m1/s1. The molecule has 1 heterocycles. The van der Waals surface area contributed by atoms with Gasteiger partial charge in [-0.25, -0.2) is 4.79 Å². The highest BCUT2D eigenvalue weighted by Gasteiger charge is 2.28. The number of nitrogens with zero attached hydrogens (tertiary/aromatic N) is 1. The fraction of sp³-hybridized carbons (Fsp3) is 0.290. The minimum Gasteiger partial charge on any atom is -0.445 e. The van der Waals surface area contributed by atoms with E-state index in [1.165, 1.54) is 0 Å². The maximum Gasteiger partial charge on any atom is 0.411 e. The predicted molar refractivity (Wildman–Crippen MR) is 140 cm³/mol. The number of hydrogen-bond acceptors (Lipinski definition) is 3. The first-order chi connectivity index (χ1) is 17.6. The van der Waals surface area contributed by atoms with E-state index in [-0.39, 0.29) is 24.6 Å². The topological polar surface area (TPSA) is 58.6 Å². The molecule has 1 aliphatic heterocycles. The molecule has 36 heavy (non-hydrogen) atoms. The van der Waals surface area contributed by atoms with Gasteiger partial charge in [-0.1, -0.05) is 78.6 Å². The van der Waals surface area contributed by atoms with Crippen LogP contribution < -0.4 is 5.32 Å². The number of rotatable bonds is 6. The van der Waals surface area contributed by atoms with E-state index in [1.54, 1.807) is 4.90 Å². The molecule has 1 saturated carbocycles. The van der Waals surface area contributed by atoms with Crippen molar-refractivity contribution in [1.82, 2.24) is 10.2 Å². The molecule has 0 radical (unpaired) electrons. The Morgan fingerprint density at radius 1 is 0.861 bits per heavy atom. The Kier molecular flexibility index (Phi) is 7.33. The molecule has 1 atom stereocenters. The molecule has 182 valence electrons. The number of hydrogen-bond donors (Lipinski definition) is 1. The summed E-state index contributed by atoms with van der Waals surface area (Å²) in [6, 6.07) is 26.2. The van der Waals surface area contributed by atoms with Crippen molar-refractivity contribution in [2.75, 3.05) is 6.54 Å². The van der Waals surface area contributed by atoms with Gasteiger partial charge in [0.25, 0.3) is 0 Å². The third kappa shape index (κ3) is 6.34. The Bertz CT molecular complexity index is 1250. The van der Waals surface area contributed by atoms with Crippen molar-refractivity contribution in [1.29, 1.82) is 0 Å². The van der Waals surface area contributed by atoms with Crippen LogP contribution in [0, 0.1) is 11.8 Å². The summed E-state index contributed by atoms with van der Waals surface area (Å²) >= 11 is 0. The summed E-state index contributed by atoms with van der Waals surface area (Å²) in [4.78, 5) is 26.3. The lowest BCUT2D eigenvalue weighted by Crippen LogP contribution is -2.35. The first kappa shape index (κ1) is 23.7. The average Bonchev–Trinajstić information content (AvgIpc) is 3.59. The minimum atomic E-state index is -0.306. The second kappa shape index (κ2) is 11.1. The van der Waals surface area contributed by atoms with Gasteiger partial charge >= 0.3 is 6.09 Å². The number of amides is 2. The zero-order valence-electron chi connectivity index (χ0n) is 20.3. The quantitative estimate of drug-likeness (QED) is 0.488. The lowest BCUT2D eigenvalue weighted by molar-refractivity contribution is -0.120. The molecule has 2 amide bonds. The summed E-state index contributed by atoms with van der Waals surface area (Å²) in [5.41, 5.74) is 5.10. The molecule has 0 bridgehead atoms. The average molecular weight is 479 g/mol. The fourth-order valence-corrected chi connectivity index (χ4v) is 4.36. The smallest absolute Gasteiger partial charge is 0.411 e. The largest absolute Gasteiger partial charge is 0.445 e. The van der Waals surface area contributed by atoms with Crippen LogP contribution in [0.15, 0.2) is 78.9 Å². The summed E-state index contributed by atoms with van der Waals surface area (Å²) < 4.78 is 5.51. The van der Waals surface area contributed by atoms with Crippen molar-refractivity contribution in [3.63, 3.8) is 0 Å². The van der Waals surface area contributed by atoms with Crippen molar-refractivity contribution in [3.8, 4) is 23.0 Å². The minimum absolute atomic E-state index is 0.0958. The predicted octanol–water partition coefficient (Wildman–Crippen LogP) is 5.33. The molecule has 0 aromatic heterocycles. The van der Waals surface area contributed by atoms with E-state index < -0.39 is 0 Å². The van der Waals surface area contributed by atoms with Crippen LogP contribution in [0.4, 0.5) is 4.79 Å². The van der Waals surface area contributed by atoms with Crippen molar-refractivity contribution >= 4 is 12.0 Å². The number of benzene rings is 3. The number of carbonyl (C=O) groups excluding carboxylic acids is 2. The van der Waals surface area contributed by atoms with Gasteiger partial charge in [-0.3, -0.25) is 9.69 Å². The number of likely N-dealkylation sites (tertiary alicyclic amines) is 1. The second-order valence-electron chi connectivity index (χ2n) is 9.45. The van der Waals surface area contributed by atoms with E-state index in [0.29, 0.717) is 19.0 Å². The highest BCUT2D eigenvalue weighted by Crippen LogP contribution is 2.22. The van der Waals surface area contributed by atoms with E-state index in [2.05, 4.69) is 41.4 Å². The molecule has 1 aliphatic carbocycles. The molecule has 5 nitrogen and oxygen atoms in total. The molecule has 1 saturated heterocycles. The first-order valence-electron chi connectivity index (χ1n) is 12.6. The Labute approximate surface area is 212 Å². The second-order valence-corrected chi connectivity index (χ2v) is 9.45. The lowest BCUT2D eigenvalue weighted by Gasteiger charge is -2.20. The van der Waals surface area contributed by atoms with E-state index in [1.807, 2.05) is 54.6 Å². The van der Waals surface area contributed by atoms with Gasteiger partial charge in [0, 0.05) is 18.2 Å². The summed E-state index contributed by atoms with van der Waals surface area (Å²) in [5, 5.41) is 3.03. The van der Waals surface area contributed by atoms with Crippen LogP contribution in [0.5, 0.6) is 0 Å². The SMILES string of the molecule is O=C(Cc1ccc(-c2ccc(C#C[C@H]3CCCN3C(=O)OCc3ccccc3)cc2)cc1)NC1CC1. The Balaban J connectivity index is 1.16. The Hall–Kier alpha value is -4.04. The molecular formula is C31H30N2O3. The number of carbonyl (C=O) groups is 2. The van der Waals surface area contributed by atoms with Crippen LogP contribution in [0.1, 0.15) is 42.4 Å². The molecule has 2 fully saturated rings. The number of nitrogens with one attached hydrogen (secondary N) is 1. The molecule has 5 rings (SSSR count). The van der Waals surface area contributed by atoms with Crippen LogP contribution in [0.25, 0.3) is 11.1 Å². The lowest BCUT2D eigenvalue weighted by atomic mass is 10.0. The van der Waals surface area contributed by atoms with Crippen LogP contribution in [0.2, 0.25) is 0 Å². The maximum absolute atomic E-state index is 12.6. The molecular weight excluding hydrogens is 448 g/mol. The highest BCUT2D eigenvalue weighted by atomic mass is 16.6. The van der Waals surface area contributed by atoms with E-state index >= 15 is 0 Å². The monoisotopic (exact) mass is 478 g/mol. The molecule has 0 spiro atoms. The van der Waals surface area contributed by atoms with Crippen LogP contribution >= 0.6 is 0 Å². The Morgan fingerprint density at radius 2 is 1.56 bits per heavy atom. The molecule has 3 aromatic carbocycles. The first-order valence-corrected chi connectivity index (χ1v) is 12.6. The zero-order valence-corrected chi connectivity index (χ0v) is 20.3. The van der Waals surface area contributed by atoms with Gasteiger partial charge in [0.05, 0.1) is 12.5 Å². The summed E-state index contributed by atoms with van der Waals surface area (Å²) in [5.74, 6) is 6.59. The van der Waals surface area contributed by atoms with Crippen LogP contribution in [-0.2, 0) is 22.6 Å². The van der Waals surface area contributed by atoms with Crippen molar-refractivity contribution in [2.45, 2.75) is 50.8 Å². The van der Waals surface area contributed by atoms with Gasteiger partial charge in [0.2, 0.25) is 5.91 Å². The normalized spacial score (nSPS) is 16.7. The van der Waals surface area contributed by atoms with E-state index in [0.717, 1.165) is 53.5 Å². The van der Waals surface area contributed by atoms with Gasteiger partial charge < -0.3 is 10.1 Å². The molecule has 0 unspecified atom stereocenters.